The molecule has 0 fully saturated rings. The van der Waals surface area contributed by atoms with Gasteiger partial charge in [-0.25, -0.2) is 4.98 Å². The fraction of sp³-hybridized carbons (Fsp3) is 0.176. The first-order valence-corrected chi connectivity index (χ1v) is 8.21. The van der Waals surface area contributed by atoms with E-state index in [0.29, 0.717) is 5.69 Å². The Labute approximate surface area is 142 Å². The lowest BCUT2D eigenvalue weighted by molar-refractivity contribution is 0.102. The average Bonchev–Trinajstić information content (AvgIpc) is 2.89. The summed E-state index contributed by atoms with van der Waals surface area (Å²) in [7, 11) is 0. The van der Waals surface area contributed by atoms with Gasteiger partial charge in [0, 0.05) is 15.5 Å². The molecule has 2 heterocycles. The van der Waals surface area contributed by atoms with Crippen LogP contribution < -0.4 is 5.32 Å². The largest absolute Gasteiger partial charge is 0.321 e. The number of carbonyl (C=O) groups excluding carboxylic acids is 1. The molecule has 1 aromatic carbocycles. The van der Waals surface area contributed by atoms with Crippen LogP contribution in [0.2, 0.25) is 0 Å². The number of rotatable bonds is 3. The molecule has 5 heteroatoms. The Morgan fingerprint density at radius 3 is 2.68 bits per heavy atom. The number of hydrogen-bond donors (Lipinski definition) is 1. The number of halogens is 1. The Morgan fingerprint density at radius 1 is 1.27 bits per heavy atom. The molecule has 0 bridgehead atoms. The molecule has 0 unspecified atom stereocenters. The van der Waals surface area contributed by atoms with Crippen LogP contribution in [0.1, 0.15) is 28.7 Å². The van der Waals surface area contributed by atoms with E-state index in [4.69, 9.17) is 0 Å². The van der Waals surface area contributed by atoms with Crippen LogP contribution >= 0.6 is 22.6 Å². The highest BCUT2D eigenvalue weighted by Gasteiger charge is 2.19. The number of hydrogen-bond acceptors (Lipinski definition) is 2. The second-order valence-corrected chi connectivity index (χ2v) is 6.35. The maximum Gasteiger partial charge on any atom is 0.274 e. The normalized spacial score (nSPS) is 10.9. The third kappa shape index (κ3) is 2.72. The summed E-state index contributed by atoms with van der Waals surface area (Å²) in [5.41, 5.74) is 4.12. The van der Waals surface area contributed by atoms with Crippen LogP contribution in [0.3, 0.4) is 0 Å². The van der Waals surface area contributed by atoms with E-state index < -0.39 is 0 Å². The van der Waals surface area contributed by atoms with Crippen molar-refractivity contribution < 1.29 is 4.79 Å². The highest BCUT2D eigenvalue weighted by molar-refractivity contribution is 14.1. The molecule has 4 nitrogen and oxygen atoms in total. The van der Waals surface area contributed by atoms with Crippen molar-refractivity contribution in [2.75, 3.05) is 5.32 Å². The molecule has 0 aliphatic rings. The van der Waals surface area contributed by atoms with E-state index in [9.17, 15) is 4.79 Å². The Balaban J connectivity index is 2.03. The van der Waals surface area contributed by atoms with Crippen molar-refractivity contribution in [3.8, 4) is 0 Å². The second kappa shape index (κ2) is 6.08. The Hall–Kier alpha value is -1.89. The van der Waals surface area contributed by atoms with Gasteiger partial charge in [0.25, 0.3) is 5.91 Å². The number of benzene rings is 1. The molecule has 22 heavy (non-hydrogen) atoms. The number of fused-ring (bicyclic) bond motifs is 1. The molecule has 0 aliphatic carbocycles. The smallest absolute Gasteiger partial charge is 0.274 e. The van der Waals surface area contributed by atoms with Crippen LogP contribution in [0.4, 0.5) is 5.69 Å². The molecular weight excluding hydrogens is 389 g/mol. The SMILES string of the molecule is CCc1nc2c(C)cccn2c1C(=O)Nc1ccc(I)cc1. The van der Waals surface area contributed by atoms with Crippen LogP contribution in [0.5, 0.6) is 0 Å². The molecule has 2 aromatic heterocycles. The Bertz CT molecular complexity index is 837. The summed E-state index contributed by atoms with van der Waals surface area (Å²) in [5.74, 6) is -0.129. The first-order chi connectivity index (χ1) is 10.6. The van der Waals surface area contributed by atoms with E-state index in [-0.39, 0.29) is 5.91 Å². The maximum absolute atomic E-state index is 12.7. The number of anilines is 1. The van der Waals surface area contributed by atoms with Gasteiger partial charge in [-0.15, -0.1) is 0 Å². The van der Waals surface area contributed by atoms with Gasteiger partial charge in [0.15, 0.2) is 0 Å². The Kier molecular flexibility index (Phi) is 4.15. The summed E-state index contributed by atoms with van der Waals surface area (Å²) < 4.78 is 3.01. The standard InChI is InChI=1S/C17H16IN3O/c1-3-14-15(21-10-4-5-11(2)16(21)20-14)17(22)19-13-8-6-12(18)7-9-13/h4-10H,3H2,1-2H3,(H,19,22). The maximum atomic E-state index is 12.7. The molecule has 0 atom stereocenters. The van der Waals surface area contributed by atoms with Crippen molar-refractivity contribution in [1.82, 2.24) is 9.38 Å². The van der Waals surface area contributed by atoms with Crippen LogP contribution in [0.25, 0.3) is 5.65 Å². The summed E-state index contributed by atoms with van der Waals surface area (Å²) in [6.07, 6.45) is 2.61. The van der Waals surface area contributed by atoms with Crippen LogP contribution in [-0.2, 0) is 6.42 Å². The number of nitrogens with one attached hydrogen (secondary N) is 1. The summed E-state index contributed by atoms with van der Waals surface area (Å²) in [5, 5.41) is 2.95. The number of amides is 1. The van der Waals surface area contributed by atoms with Gasteiger partial charge in [-0.3, -0.25) is 9.20 Å². The molecule has 3 aromatic rings. The summed E-state index contributed by atoms with van der Waals surface area (Å²) in [4.78, 5) is 17.3. The lowest BCUT2D eigenvalue weighted by atomic mass is 10.2. The fourth-order valence-electron chi connectivity index (χ4n) is 2.46. The van der Waals surface area contributed by atoms with Gasteiger partial charge in [0.2, 0.25) is 0 Å². The number of pyridine rings is 1. The van der Waals surface area contributed by atoms with Gasteiger partial charge < -0.3 is 5.32 Å². The molecule has 3 rings (SSSR count). The van der Waals surface area contributed by atoms with Gasteiger partial charge in [0.05, 0.1) is 5.69 Å². The lowest BCUT2D eigenvalue weighted by Crippen LogP contribution is -2.16. The van der Waals surface area contributed by atoms with E-state index in [1.54, 1.807) is 0 Å². The minimum Gasteiger partial charge on any atom is -0.321 e. The van der Waals surface area contributed by atoms with Gasteiger partial charge in [-0.1, -0.05) is 13.0 Å². The first kappa shape index (κ1) is 15.0. The molecule has 0 radical (unpaired) electrons. The molecule has 0 saturated heterocycles. The topological polar surface area (TPSA) is 46.4 Å². The first-order valence-electron chi connectivity index (χ1n) is 7.13. The van der Waals surface area contributed by atoms with Crippen molar-refractivity contribution in [1.29, 1.82) is 0 Å². The van der Waals surface area contributed by atoms with E-state index in [2.05, 4.69) is 32.9 Å². The quantitative estimate of drug-likeness (QED) is 0.669. The highest BCUT2D eigenvalue weighted by Crippen LogP contribution is 2.19. The van der Waals surface area contributed by atoms with Crippen molar-refractivity contribution in [3.63, 3.8) is 0 Å². The molecule has 112 valence electrons. The van der Waals surface area contributed by atoms with Crippen molar-refractivity contribution in [2.45, 2.75) is 20.3 Å². The molecule has 1 N–H and O–H groups in total. The third-order valence-corrected chi connectivity index (χ3v) is 4.29. The average molecular weight is 405 g/mol. The molecule has 0 aliphatic heterocycles. The van der Waals surface area contributed by atoms with Gasteiger partial charge >= 0.3 is 0 Å². The zero-order chi connectivity index (χ0) is 15.7. The molecule has 0 spiro atoms. The number of nitrogens with zero attached hydrogens (tertiary/aromatic N) is 2. The van der Waals surface area contributed by atoms with Crippen molar-refractivity contribution in [2.24, 2.45) is 0 Å². The zero-order valence-corrected chi connectivity index (χ0v) is 14.6. The van der Waals surface area contributed by atoms with Gasteiger partial charge in [0.1, 0.15) is 11.3 Å². The number of aromatic nitrogens is 2. The number of imidazole rings is 1. The second-order valence-electron chi connectivity index (χ2n) is 5.11. The Morgan fingerprint density at radius 2 is 2.00 bits per heavy atom. The number of aryl methyl sites for hydroxylation is 2. The minimum absolute atomic E-state index is 0.129. The van der Waals surface area contributed by atoms with Crippen LogP contribution in [0, 0.1) is 10.5 Å². The lowest BCUT2D eigenvalue weighted by Gasteiger charge is -2.07. The van der Waals surface area contributed by atoms with E-state index in [1.807, 2.05) is 60.8 Å². The molecule has 0 saturated carbocycles. The zero-order valence-electron chi connectivity index (χ0n) is 12.4. The van der Waals surface area contributed by atoms with Crippen molar-refractivity contribution >= 4 is 39.8 Å². The number of carbonyl (C=O) groups is 1. The van der Waals surface area contributed by atoms with E-state index in [0.717, 1.165) is 32.6 Å². The predicted molar refractivity (Wildman–Crippen MR) is 96.4 cm³/mol. The predicted octanol–water partition coefficient (Wildman–Crippen LogP) is 4.06. The molecular formula is C17H16IN3O. The minimum atomic E-state index is -0.129. The summed E-state index contributed by atoms with van der Waals surface area (Å²) in [6.45, 7) is 4.02. The van der Waals surface area contributed by atoms with Crippen LogP contribution in [0.15, 0.2) is 42.6 Å². The van der Waals surface area contributed by atoms with Crippen molar-refractivity contribution in [3.05, 3.63) is 63.1 Å². The summed E-state index contributed by atoms with van der Waals surface area (Å²) >= 11 is 2.24. The third-order valence-electron chi connectivity index (χ3n) is 3.57. The fourth-order valence-corrected chi connectivity index (χ4v) is 2.82. The summed E-state index contributed by atoms with van der Waals surface area (Å²) in [6, 6.07) is 11.7. The van der Waals surface area contributed by atoms with Gasteiger partial charge in [-0.2, -0.15) is 0 Å². The van der Waals surface area contributed by atoms with E-state index in [1.165, 1.54) is 0 Å². The monoisotopic (exact) mass is 405 g/mol. The van der Waals surface area contributed by atoms with Gasteiger partial charge in [-0.05, 0) is 71.8 Å². The van der Waals surface area contributed by atoms with Crippen LogP contribution in [-0.4, -0.2) is 15.3 Å². The highest BCUT2D eigenvalue weighted by atomic mass is 127. The van der Waals surface area contributed by atoms with E-state index >= 15 is 0 Å². The molecule has 1 amide bonds.